The number of benzene rings is 1. The van der Waals surface area contributed by atoms with E-state index in [0.29, 0.717) is 56.2 Å². The fourth-order valence-electron chi connectivity index (χ4n) is 4.13. The van der Waals surface area contributed by atoms with Crippen LogP contribution < -0.4 is 0 Å². The molecule has 1 aromatic heterocycles. The van der Waals surface area contributed by atoms with Crippen molar-refractivity contribution in [1.82, 2.24) is 10.1 Å². The minimum Gasteiger partial charge on any atom is -0.356 e. The summed E-state index contributed by atoms with van der Waals surface area (Å²) in [5, 5.41) is 4.12. The zero-order valence-corrected chi connectivity index (χ0v) is 14.9. The molecule has 2 saturated heterocycles. The molecule has 0 unspecified atom stereocenters. The third kappa shape index (κ3) is 2.76. The average molecular weight is 372 g/mol. The summed E-state index contributed by atoms with van der Waals surface area (Å²) in [6.45, 7) is 2.46. The molecule has 1 spiro atoms. The van der Waals surface area contributed by atoms with Gasteiger partial charge < -0.3 is 18.9 Å². The molecule has 3 fully saturated rings. The number of carbonyl (C=O) groups excluding carboxylic acids is 1. The Hall–Kier alpha value is -2.25. The van der Waals surface area contributed by atoms with E-state index in [0.717, 1.165) is 12.8 Å². The molecule has 3 aliphatic rings. The minimum atomic E-state index is -0.630. The van der Waals surface area contributed by atoms with E-state index >= 15 is 0 Å². The summed E-state index contributed by atoms with van der Waals surface area (Å²) in [6.07, 6.45) is 2.86. The van der Waals surface area contributed by atoms with E-state index in [1.807, 2.05) is 4.90 Å². The molecule has 3 heterocycles. The molecule has 0 atom stereocenters. The predicted molar refractivity (Wildman–Crippen MR) is 93.3 cm³/mol. The van der Waals surface area contributed by atoms with Crippen LogP contribution >= 0.6 is 0 Å². The summed E-state index contributed by atoms with van der Waals surface area (Å²) in [5.41, 5.74) is 0.323. The van der Waals surface area contributed by atoms with Crippen LogP contribution in [0.2, 0.25) is 0 Å². The van der Waals surface area contributed by atoms with E-state index in [2.05, 4.69) is 5.16 Å². The number of likely N-dealkylation sites (tertiary alicyclic amines) is 1. The molecule has 1 amide bonds. The first-order chi connectivity index (χ1) is 13.1. The lowest BCUT2D eigenvalue weighted by Gasteiger charge is -2.38. The number of aromatic nitrogens is 1. The highest BCUT2D eigenvalue weighted by atomic mass is 19.1. The number of rotatable bonds is 3. The van der Waals surface area contributed by atoms with Crippen LogP contribution in [0, 0.1) is 5.82 Å². The summed E-state index contributed by atoms with van der Waals surface area (Å²) in [7, 11) is 0. The van der Waals surface area contributed by atoms with Gasteiger partial charge in [0.15, 0.2) is 11.5 Å². The fraction of sp³-hybridized carbons (Fsp3) is 0.500. The lowest BCUT2D eigenvalue weighted by molar-refractivity contribution is -0.188. The highest BCUT2D eigenvalue weighted by Crippen LogP contribution is 2.50. The monoisotopic (exact) mass is 372 g/mol. The highest BCUT2D eigenvalue weighted by molar-refractivity contribution is 5.91. The van der Waals surface area contributed by atoms with E-state index in [4.69, 9.17) is 14.0 Å². The Morgan fingerprint density at radius 3 is 2.44 bits per heavy atom. The van der Waals surface area contributed by atoms with Gasteiger partial charge in [0.1, 0.15) is 5.82 Å². The second-order valence-electron chi connectivity index (χ2n) is 7.54. The van der Waals surface area contributed by atoms with Crippen LogP contribution in [-0.4, -0.2) is 48.1 Å². The standard InChI is InChI=1S/C20H21FN2O4/c21-15-4-2-1-3-14(15)16-13-17(22-27-16)19(5-6-19)18(24)23-9-7-20(8-10-23)25-11-12-26-20/h1-4,13H,5-12H2. The van der Waals surface area contributed by atoms with Gasteiger partial charge in [0, 0.05) is 32.0 Å². The molecule has 0 bridgehead atoms. The van der Waals surface area contributed by atoms with Crippen molar-refractivity contribution in [3.8, 4) is 11.3 Å². The van der Waals surface area contributed by atoms with Crippen molar-refractivity contribution in [2.75, 3.05) is 26.3 Å². The number of ether oxygens (including phenoxy) is 2. The van der Waals surface area contributed by atoms with Crippen LogP contribution in [0.1, 0.15) is 31.4 Å². The quantitative estimate of drug-likeness (QED) is 0.829. The van der Waals surface area contributed by atoms with E-state index in [-0.39, 0.29) is 11.7 Å². The Balaban J connectivity index is 1.34. The SMILES string of the molecule is O=C(N1CCC2(CC1)OCCO2)C1(c2cc(-c3ccccc3F)on2)CC1. The highest BCUT2D eigenvalue weighted by Gasteiger charge is 2.56. The second-order valence-corrected chi connectivity index (χ2v) is 7.54. The number of piperidine rings is 1. The molecule has 2 aliphatic heterocycles. The molecule has 142 valence electrons. The number of carbonyl (C=O) groups is 1. The number of nitrogens with zero attached hydrogens (tertiary/aromatic N) is 2. The van der Waals surface area contributed by atoms with Gasteiger partial charge in [0.05, 0.1) is 29.9 Å². The predicted octanol–water partition coefficient (Wildman–Crippen LogP) is 2.88. The number of hydrogen-bond acceptors (Lipinski definition) is 5. The molecule has 5 rings (SSSR count). The van der Waals surface area contributed by atoms with Gasteiger partial charge in [-0.2, -0.15) is 0 Å². The van der Waals surface area contributed by atoms with Gasteiger partial charge in [-0.1, -0.05) is 17.3 Å². The number of amides is 1. The van der Waals surface area contributed by atoms with Crippen LogP contribution in [-0.2, 0) is 19.7 Å². The first-order valence-electron chi connectivity index (χ1n) is 9.41. The fourth-order valence-corrected chi connectivity index (χ4v) is 4.13. The van der Waals surface area contributed by atoms with Crippen molar-refractivity contribution >= 4 is 5.91 Å². The van der Waals surface area contributed by atoms with Gasteiger partial charge in [0.2, 0.25) is 5.91 Å². The summed E-state index contributed by atoms with van der Waals surface area (Å²) in [4.78, 5) is 15.1. The van der Waals surface area contributed by atoms with Crippen molar-refractivity contribution < 1.29 is 23.2 Å². The van der Waals surface area contributed by atoms with Gasteiger partial charge in [0.25, 0.3) is 0 Å². The Morgan fingerprint density at radius 1 is 1.07 bits per heavy atom. The minimum absolute atomic E-state index is 0.0729. The Bertz CT molecular complexity index is 860. The van der Waals surface area contributed by atoms with Gasteiger partial charge in [-0.15, -0.1) is 0 Å². The van der Waals surface area contributed by atoms with Crippen molar-refractivity contribution in [2.45, 2.75) is 36.9 Å². The molecule has 1 aromatic carbocycles. The van der Waals surface area contributed by atoms with E-state index in [1.54, 1.807) is 24.3 Å². The largest absolute Gasteiger partial charge is 0.356 e. The van der Waals surface area contributed by atoms with Crippen LogP contribution in [0.4, 0.5) is 4.39 Å². The second kappa shape index (κ2) is 6.14. The lowest BCUT2D eigenvalue weighted by atomic mass is 9.96. The molecule has 7 heteroatoms. The zero-order chi connectivity index (χ0) is 18.5. The van der Waals surface area contributed by atoms with Crippen molar-refractivity contribution in [3.05, 3.63) is 41.8 Å². The Kier molecular flexibility index (Phi) is 3.84. The summed E-state index contributed by atoms with van der Waals surface area (Å²) in [6, 6.07) is 8.11. The van der Waals surface area contributed by atoms with Crippen LogP contribution in [0.15, 0.2) is 34.9 Å². The smallest absolute Gasteiger partial charge is 0.234 e. The first-order valence-corrected chi connectivity index (χ1v) is 9.41. The molecular weight excluding hydrogens is 351 g/mol. The normalized spacial score (nSPS) is 22.9. The molecule has 1 aliphatic carbocycles. The molecule has 1 saturated carbocycles. The van der Waals surface area contributed by atoms with Gasteiger partial charge >= 0.3 is 0 Å². The maximum atomic E-state index is 14.0. The molecular formula is C20H21FN2O4. The van der Waals surface area contributed by atoms with E-state index in [1.165, 1.54) is 6.07 Å². The lowest BCUT2D eigenvalue weighted by Crippen LogP contribution is -2.50. The van der Waals surface area contributed by atoms with Crippen molar-refractivity contribution in [2.24, 2.45) is 0 Å². The van der Waals surface area contributed by atoms with Gasteiger partial charge in [-0.05, 0) is 25.0 Å². The van der Waals surface area contributed by atoms with Crippen LogP contribution in [0.3, 0.4) is 0 Å². The maximum absolute atomic E-state index is 14.0. The summed E-state index contributed by atoms with van der Waals surface area (Å²) >= 11 is 0. The third-order valence-corrected chi connectivity index (χ3v) is 5.93. The summed E-state index contributed by atoms with van der Waals surface area (Å²) < 4.78 is 30.8. The summed E-state index contributed by atoms with van der Waals surface area (Å²) in [5.74, 6) is -0.440. The van der Waals surface area contributed by atoms with Crippen LogP contribution in [0.5, 0.6) is 0 Å². The number of hydrogen-bond donors (Lipinski definition) is 0. The Morgan fingerprint density at radius 2 is 1.78 bits per heavy atom. The topological polar surface area (TPSA) is 64.8 Å². The zero-order valence-electron chi connectivity index (χ0n) is 14.9. The van der Waals surface area contributed by atoms with Gasteiger partial charge in [-0.3, -0.25) is 4.79 Å². The molecule has 2 aromatic rings. The van der Waals surface area contributed by atoms with Crippen LogP contribution in [0.25, 0.3) is 11.3 Å². The van der Waals surface area contributed by atoms with E-state index in [9.17, 15) is 9.18 Å². The molecule has 27 heavy (non-hydrogen) atoms. The Labute approximate surface area is 156 Å². The third-order valence-electron chi connectivity index (χ3n) is 5.93. The van der Waals surface area contributed by atoms with Crippen molar-refractivity contribution in [3.63, 3.8) is 0 Å². The first kappa shape index (κ1) is 16.9. The number of halogens is 1. The van der Waals surface area contributed by atoms with Gasteiger partial charge in [-0.25, -0.2) is 4.39 Å². The molecule has 6 nitrogen and oxygen atoms in total. The average Bonchev–Trinajstić information content (AvgIpc) is 3.12. The molecule has 0 N–H and O–H groups in total. The maximum Gasteiger partial charge on any atom is 0.234 e. The van der Waals surface area contributed by atoms with E-state index < -0.39 is 11.2 Å². The molecule has 0 radical (unpaired) electrons. The van der Waals surface area contributed by atoms with Crippen molar-refractivity contribution in [1.29, 1.82) is 0 Å².